The second kappa shape index (κ2) is 41.1. The molecule has 2 saturated heterocycles. The van der Waals surface area contributed by atoms with Gasteiger partial charge in [0.2, 0.25) is 0 Å². The number of nitrogens with zero attached hydrogens (tertiary/aromatic N) is 4. The Kier molecular flexibility index (Phi) is 38.1. The van der Waals surface area contributed by atoms with Crippen molar-refractivity contribution in [2.24, 2.45) is 11.5 Å². The van der Waals surface area contributed by atoms with Gasteiger partial charge in [0.05, 0.1) is 30.2 Å². The first-order valence-electron chi connectivity index (χ1n) is 25.1. The number of cyclic esters (lactones) is 2. The predicted molar refractivity (Wildman–Crippen MR) is 348 cm³/mol. The highest BCUT2D eigenvalue weighted by atomic mass is 79.9. The maximum Gasteiger partial charge on any atom is 0.346 e. The zero-order valence-corrected chi connectivity index (χ0v) is 53.8. The van der Waals surface area contributed by atoms with E-state index in [4.69, 9.17) is 42.3 Å². The fourth-order valence-corrected chi connectivity index (χ4v) is 8.20. The van der Waals surface area contributed by atoms with Gasteiger partial charge in [0, 0.05) is 133 Å². The maximum atomic E-state index is 11.2. The molecule has 3 aliphatic heterocycles. The van der Waals surface area contributed by atoms with Crippen LogP contribution in [0.5, 0.6) is 5.75 Å². The number of aliphatic hydroxyl groups is 1. The third kappa shape index (κ3) is 28.8. The lowest BCUT2D eigenvalue weighted by Gasteiger charge is -2.13. The number of primary amides is 1. The summed E-state index contributed by atoms with van der Waals surface area (Å²) in [6.07, 6.45) is 6.98. The molecule has 10 rings (SSSR count). The number of hydrogen-bond acceptors (Lipinski definition) is 16. The largest absolute Gasteiger partial charge is 0.497 e. The number of carbonyl (C=O) groups excluding carboxylic acids is 3. The van der Waals surface area contributed by atoms with E-state index in [1.165, 1.54) is 37.1 Å². The number of benzene rings is 6. The minimum atomic E-state index is -0.562. The Morgan fingerprint density at radius 2 is 1.16 bits per heavy atom. The molecule has 14 N–H and O–H groups in total. The quantitative estimate of drug-likeness (QED) is 0.0390. The first-order chi connectivity index (χ1) is 37.6. The van der Waals surface area contributed by atoms with Gasteiger partial charge in [-0.25, -0.2) is 14.8 Å². The van der Waals surface area contributed by atoms with E-state index in [1.807, 2.05) is 95.1 Å². The predicted octanol–water partition coefficient (Wildman–Crippen LogP) is 11.1. The number of hydrogen-bond donors (Lipinski definition) is 6. The summed E-state index contributed by atoms with van der Waals surface area (Å²) in [6, 6.07) is 38.1. The molecule has 0 unspecified atom stereocenters. The summed E-state index contributed by atoms with van der Waals surface area (Å²) in [6.45, 7) is 7.94. The molecule has 4 heterocycles. The molecule has 18 nitrogen and oxygen atoms in total. The molecule has 1 amide bonds. The number of aliphatic hydroxyl groups excluding tert-OH is 1. The van der Waals surface area contributed by atoms with Crippen LogP contribution in [-0.4, -0.2) is 115 Å². The molecule has 2 fully saturated rings. The van der Waals surface area contributed by atoms with Crippen molar-refractivity contribution in [3.63, 3.8) is 0 Å². The molecular formula is C59H77BBr4N9O9. The summed E-state index contributed by atoms with van der Waals surface area (Å²) in [5.74, 6) is 0.0944. The van der Waals surface area contributed by atoms with Crippen molar-refractivity contribution >= 4 is 124 Å². The first-order valence-corrected chi connectivity index (χ1v) is 28.3. The smallest absolute Gasteiger partial charge is 0.346 e. The standard InChI is InChI=1S/C16H14BrN3.C9H5BrO3.C9H13NO.C7H7BrN2O.C7H9BrN2.2C4H8O.C3H8O.B.H3N.H2O/c1-20(2)14-6-3-11(4-7-14)16-18-10-12-9-13(17)5-8-15(12)19-16;10-6-2-1-5-3-8(11)13-9(12)7(5)4-6;1-10(2)8-4-6-9(11-3)7-5-8;8-4-1-2-6(9)5(3-4)7(10)11;8-6-1-2-7(10)5(3-6)4-9;2*1-2-4-5-3-1;1-3(2)4;;;/h3-10H,1-2H3;1-2,4H,3H2;4-7H,1-3H3;1-3H,9H2,(H2,10,11);1-3H,4,9-10H2;2*1-4H2;3-4H,1-2H3;;1H3;1H2. The van der Waals surface area contributed by atoms with Crippen LogP contribution in [0, 0.1) is 0 Å². The minimum Gasteiger partial charge on any atom is -0.497 e. The summed E-state index contributed by atoms with van der Waals surface area (Å²) in [7, 11) is 9.76. The molecule has 7 aromatic rings. The number of fused-ring (bicyclic) bond motifs is 2. The van der Waals surface area contributed by atoms with Gasteiger partial charge in [-0.3, -0.25) is 9.59 Å². The Bertz CT molecular complexity index is 2960. The zero-order valence-electron chi connectivity index (χ0n) is 47.5. The molecular weight excluding hydrogens is 1310 g/mol. The summed E-state index contributed by atoms with van der Waals surface area (Å²) in [5, 5.41) is 9.09. The van der Waals surface area contributed by atoms with Crippen LogP contribution >= 0.6 is 63.7 Å². The fraction of sp³-hybridized carbons (Fsp3) is 0.305. The molecule has 0 spiro atoms. The van der Waals surface area contributed by atoms with E-state index < -0.39 is 17.8 Å². The molecule has 0 bridgehead atoms. The number of aromatic nitrogens is 2. The number of nitrogen functional groups attached to an aromatic ring is 2. The SMILES string of the molecule is C1CCOC1.C1CCOC1.CC(C)O.CN(C)c1ccc(-c2ncc3cc(Br)ccc3n2)cc1.COc1ccc(N(C)C)cc1.N.NC(=O)c1cc(Br)ccc1N.NCc1cc(Br)ccc1N.O.O=C1Cc2ccc(Br)cc2C(=O)O1.[B]. The van der Waals surface area contributed by atoms with Crippen molar-refractivity contribution in [2.45, 2.75) is 58.6 Å². The average molecular weight is 1390 g/mol. The van der Waals surface area contributed by atoms with E-state index in [1.54, 1.807) is 57.4 Å². The molecule has 23 heteroatoms. The van der Waals surface area contributed by atoms with Gasteiger partial charge < -0.3 is 68.4 Å². The lowest BCUT2D eigenvalue weighted by molar-refractivity contribution is -0.137. The number of amides is 1. The van der Waals surface area contributed by atoms with Crippen LogP contribution in [0.3, 0.4) is 0 Å². The van der Waals surface area contributed by atoms with Crippen molar-refractivity contribution in [3.8, 4) is 17.1 Å². The van der Waals surface area contributed by atoms with Gasteiger partial charge >= 0.3 is 11.9 Å². The van der Waals surface area contributed by atoms with E-state index in [0.717, 1.165) is 89.2 Å². The molecule has 6 aromatic carbocycles. The Balaban J connectivity index is 0.000000952. The first kappa shape index (κ1) is 76.0. The van der Waals surface area contributed by atoms with Crippen LogP contribution < -0.4 is 43.6 Å². The van der Waals surface area contributed by atoms with Crippen LogP contribution in [0.15, 0.2) is 145 Å². The molecule has 82 heavy (non-hydrogen) atoms. The number of ether oxygens (including phenoxy) is 4. The van der Waals surface area contributed by atoms with Gasteiger partial charge in [-0.15, -0.1) is 0 Å². The van der Waals surface area contributed by atoms with Crippen molar-refractivity contribution in [1.82, 2.24) is 16.1 Å². The second-order valence-corrected chi connectivity index (χ2v) is 21.7. The molecule has 0 saturated carbocycles. The molecule has 3 radical (unpaired) electrons. The Labute approximate surface area is 518 Å². The average Bonchev–Trinajstić information content (AvgIpc) is 4.25. The molecule has 3 aliphatic rings. The van der Waals surface area contributed by atoms with Crippen LogP contribution in [0.25, 0.3) is 22.3 Å². The van der Waals surface area contributed by atoms with Gasteiger partial charge in [-0.2, -0.15) is 0 Å². The summed E-state index contributed by atoms with van der Waals surface area (Å²) in [4.78, 5) is 45.9. The number of carbonyl (C=O) groups is 3. The second-order valence-electron chi connectivity index (χ2n) is 18.0. The number of halogens is 4. The Hall–Kier alpha value is -5.99. The monoisotopic (exact) mass is 1380 g/mol. The Morgan fingerprint density at radius 1 is 0.695 bits per heavy atom. The Morgan fingerprint density at radius 3 is 1.61 bits per heavy atom. The highest BCUT2D eigenvalue weighted by molar-refractivity contribution is 9.11. The number of rotatable bonds is 6. The van der Waals surface area contributed by atoms with Crippen LogP contribution in [-0.2, 0) is 32.0 Å². The van der Waals surface area contributed by atoms with Crippen LogP contribution in [0.2, 0.25) is 0 Å². The van der Waals surface area contributed by atoms with E-state index >= 15 is 0 Å². The van der Waals surface area contributed by atoms with E-state index in [9.17, 15) is 14.4 Å². The molecule has 443 valence electrons. The maximum absolute atomic E-state index is 11.2. The summed E-state index contributed by atoms with van der Waals surface area (Å²) >= 11 is 13.2. The topological polar surface area (TPSA) is 311 Å². The van der Waals surface area contributed by atoms with E-state index in [2.05, 4.69) is 112 Å². The van der Waals surface area contributed by atoms with E-state index in [-0.39, 0.29) is 32.6 Å². The van der Waals surface area contributed by atoms with Crippen LogP contribution in [0.1, 0.15) is 71.4 Å². The summed E-state index contributed by atoms with van der Waals surface area (Å²) < 4.78 is 23.0. The normalized spacial score (nSPS) is 12.1. The number of nitrogens with two attached hydrogens (primary N) is 4. The number of methoxy groups -OCH3 is 1. The van der Waals surface area contributed by atoms with Crippen LogP contribution in [0.4, 0.5) is 22.7 Å². The summed E-state index contributed by atoms with van der Waals surface area (Å²) in [5.41, 5.74) is 29.5. The van der Waals surface area contributed by atoms with E-state index in [0.29, 0.717) is 23.4 Å². The minimum absolute atomic E-state index is 0. The van der Waals surface area contributed by atoms with Crippen molar-refractivity contribution in [3.05, 3.63) is 168 Å². The highest BCUT2D eigenvalue weighted by Gasteiger charge is 2.24. The van der Waals surface area contributed by atoms with Gasteiger partial charge in [0.15, 0.2) is 5.82 Å². The van der Waals surface area contributed by atoms with Crippen molar-refractivity contribution in [1.29, 1.82) is 0 Å². The lowest BCUT2D eigenvalue weighted by Crippen LogP contribution is -2.22. The highest BCUT2D eigenvalue weighted by Crippen LogP contribution is 2.25. The van der Waals surface area contributed by atoms with Gasteiger partial charge in [-0.05, 0) is 166 Å². The molecule has 0 aliphatic carbocycles. The van der Waals surface area contributed by atoms with Gasteiger partial charge in [-0.1, -0.05) is 69.8 Å². The molecule has 1 aromatic heterocycles. The zero-order chi connectivity index (χ0) is 58.4. The third-order valence-electron chi connectivity index (χ3n) is 10.9. The lowest BCUT2D eigenvalue weighted by atomic mass is 10.0. The molecule has 0 atom stereocenters. The third-order valence-corrected chi connectivity index (χ3v) is 12.8. The van der Waals surface area contributed by atoms with Gasteiger partial charge in [0.1, 0.15) is 5.75 Å². The fourth-order valence-electron chi connectivity index (χ4n) is 6.69. The van der Waals surface area contributed by atoms with Crippen molar-refractivity contribution < 1.29 is 43.9 Å². The van der Waals surface area contributed by atoms with Crippen molar-refractivity contribution in [2.75, 3.05) is 83.0 Å². The number of anilines is 4. The number of esters is 2. The van der Waals surface area contributed by atoms with Gasteiger partial charge in [0.25, 0.3) is 5.91 Å².